The number of carbonyl (C=O) groups excluding carboxylic acids is 1. The molecule has 1 amide bonds. The molecule has 2 N–H and O–H groups in total. The standard InChI is InChI=1S/C13H21N5OS/c1-3-14-10-8-11(17-13(16-10)20-2)15-9-12(19)18-6-4-5-7-18/h8H,3-7,9H2,1-2H3,(H2,14,15,16,17). The second kappa shape index (κ2) is 7.33. The first-order valence-corrected chi connectivity index (χ1v) is 8.14. The number of nitrogens with zero attached hydrogens (tertiary/aromatic N) is 3. The second-order valence-electron chi connectivity index (χ2n) is 4.60. The maximum absolute atomic E-state index is 12.0. The van der Waals surface area contributed by atoms with Crippen molar-refractivity contribution in [2.45, 2.75) is 24.9 Å². The van der Waals surface area contributed by atoms with Crippen LogP contribution < -0.4 is 10.6 Å². The van der Waals surface area contributed by atoms with E-state index >= 15 is 0 Å². The van der Waals surface area contributed by atoms with Gasteiger partial charge in [-0.05, 0) is 26.0 Å². The van der Waals surface area contributed by atoms with E-state index in [9.17, 15) is 4.79 Å². The van der Waals surface area contributed by atoms with Crippen LogP contribution in [0.2, 0.25) is 0 Å². The van der Waals surface area contributed by atoms with Gasteiger partial charge in [-0.25, -0.2) is 9.97 Å². The molecule has 0 unspecified atom stereocenters. The number of likely N-dealkylation sites (tertiary alicyclic amines) is 1. The van der Waals surface area contributed by atoms with E-state index in [4.69, 9.17) is 0 Å². The largest absolute Gasteiger partial charge is 0.370 e. The summed E-state index contributed by atoms with van der Waals surface area (Å²) in [5, 5.41) is 6.96. The van der Waals surface area contributed by atoms with Crippen LogP contribution in [0, 0.1) is 0 Å². The van der Waals surface area contributed by atoms with Crippen molar-refractivity contribution in [3.05, 3.63) is 6.07 Å². The van der Waals surface area contributed by atoms with Gasteiger partial charge in [0.25, 0.3) is 0 Å². The molecule has 0 bridgehead atoms. The minimum atomic E-state index is 0.136. The average Bonchev–Trinajstić information content (AvgIpc) is 2.99. The second-order valence-corrected chi connectivity index (χ2v) is 5.37. The summed E-state index contributed by atoms with van der Waals surface area (Å²) >= 11 is 1.48. The van der Waals surface area contributed by atoms with Crippen molar-refractivity contribution in [1.82, 2.24) is 14.9 Å². The van der Waals surface area contributed by atoms with Crippen LogP contribution in [-0.2, 0) is 4.79 Å². The lowest BCUT2D eigenvalue weighted by Crippen LogP contribution is -2.33. The Bertz CT molecular complexity index is 462. The monoisotopic (exact) mass is 295 g/mol. The van der Waals surface area contributed by atoms with Crippen LogP contribution in [0.25, 0.3) is 0 Å². The highest BCUT2D eigenvalue weighted by Gasteiger charge is 2.17. The fourth-order valence-electron chi connectivity index (χ4n) is 2.12. The number of hydrogen-bond acceptors (Lipinski definition) is 6. The number of thioether (sulfide) groups is 1. The molecule has 1 aliphatic rings. The van der Waals surface area contributed by atoms with Gasteiger partial charge in [0.2, 0.25) is 5.91 Å². The van der Waals surface area contributed by atoms with Gasteiger partial charge in [0.15, 0.2) is 5.16 Å². The molecule has 1 aliphatic heterocycles. The molecule has 0 saturated carbocycles. The van der Waals surface area contributed by atoms with Crippen LogP contribution in [-0.4, -0.2) is 53.2 Å². The summed E-state index contributed by atoms with van der Waals surface area (Å²) in [6.07, 6.45) is 4.16. The highest BCUT2D eigenvalue weighted by atomic mass is 32.2. The van der Waals surface area contributed by atoms with Crippen molar-refractivity contribution in [2.75, 3.05) is 43.1 Å². The number of nitrogens with one attached hydrogen (secondary N) is 2. The van der Waals surface area contributed by atoms with Gasteiger partial charge in [0.05, 0.1) is 6.54 Å². The quantitative estimate of drug-likeness (QED) is 0.614. The first-order chi connectivity index (χ1) is 9.72. The summed E-state index contributed by atoms with van der Waals surface area (Å²) in [6.45, 7) is 4.87. The van der Waals surface area contributed by atoms with Gasteiger partial charge in [-0.2, -0.15) is 0 Å². The van der Waals surface area contributed by atoms with E-state index in [1.165, 1.54) is 11.8 Å². The van der Waals surface area contributed by atoms with Crippen molar-refractivity contribution in [1.29, 1.82) is 0 Å². The third-order valence-electron chi connectivity index (χ3n) is 3.13. The van der Waals surface area contributed by atoms with Gasteiger partial charge < -0.3 is 15.5 Å². The van der Waals surface area contributed by atoms with Crippen LogP contribution in [0.1, 0.15) is 19.8 Å². The minimum Gasteiger partial charge on any atom is -0.370 e. The Morgan fingerprint density at radius 2 is 1.95 bits per heavy atom. The summed E-state index contributed by atoms with van der Waals surface area (Å²) in [4.78, 5) is 22.6. The van der Waals surface area contributed by atoms with Gasteiger partial charge in [-0.15, -0.1) is 0 Å². The van der Waals surface area contributed by atoms with Crippen molar-refractivity contribution in [3.8, 4) is 0 Å². The van der Waals surface area contributed by atoms with Gasteiger partial charge >= 0.3 is 0 Å². The molecule has 0 radical (unpaired) electrons. The number of hydrogen-bond donors (Lipinski definition) is 2. The van der Waals surface area contributed by atoms with E-state index in [-0.39, 0.29) is 12.5 Å². The van der Waals surface area contributed by atoms with Gasteiger partial charge in [-0.3, -0.25) is 4.79 Å². The van der Waals surface area contributed by atoms with E-state index in [2.05, 4.69) is 20.6 Å². The number of rotatable bonds is 6. The van der Waals surface area contributed by atoms with Crippen molar-refractivity contribution in [2.24, 2.45) is 0 Å². The molecule has 0 spiro atoms. The van der Waals surface area contributed by atoms with Crippen LogP contribution in [0.15, 0.2) is 11.2 Å². The molecule has 6 nitrogen and oxygen atoms in total. The normalized spacial score (nSPS) is 14.4. The molecular weight excluding hydrogens is 274 g/mol. The molecule has 110 valence electrons. The maximum Gasteiger partial charge on any atom is 0.241 e. The lowest BCUT2D eigenvalue weighted by Gasteiger charge is -2.16. The molecular formula is C13H21N5OS. The van der Waals surface area contributed by atoms with E-state index in [1.807, 2.05) is 24.1 Å². The number of aromatic nitrogens is 2. The first-order valence-electron chi connectivity index (χ1n) is 6.91. The predicted molar refractivity (Wildman–Crippen MR) is 82.3 cm³/mol. The Hall–Kier alpha value is -1.50. The molecule has 1 saturated heterocycles. The summed E-state index contributed by atoms with van der Waals surface area (Å²) < 4.78 is 0. The van der Waals surface area contributed by atoms with E-state index in [0.29, 0.717) is 11.0 Å². The lowest BCUT2D eigenvalue weighted by atomic mass is 10.4. The molecule has 1 aromatic heterocycles. The van der Waals surface area contributed by atoms with Gasteiger partial charge in [0.1, 0.15) is 11.6 Å². The van der Waals surface area contributed by atoms with Gasteiger partial charge in [0, 0.05) is 25.7 Å². The number of carbonyl (C=O) groups is 1. The zero-order valence-electron chi connectivity index (χ0n) is 12.0. The maximum atomic E-state index is 12.0. The molecule has 2 rings (SSSR count). The topological polar surface area (TPSA) is 70.2 Å². The van der Waals surface area contributed by atoms with Gasteiger partial charge in [-0.1, -0.05) is 11.8 Å². The Morgan fingerprint density at radius 1 is 1.30 bits per heavy atom. The van der Waals surface area contributed by atoms with Crippen LogP contribution in [0.3, 0.4) is 0 Å². The van der Waals surface area contributed by atoms with Crippen LogP contribution in [0.5, 0.6) is 0 Å². The highest BCUT2D eigenvalue weighted by molar-refractivity contribution is 7.98. The van der Waals surface area contributed by atoms with Crippen molar-refractivity contribution in [3.63, 3.8) is 0 Å². The molecule has 0 atom stereocenters. The Labute approximate surface area is 123 Å². The summed E-state index contributed by atoms with van der Waals surface area (Å²) in [7, 11) is 0. The molecule has 0 aromatic carbocycles. The third-order valence-corrected chi connectivity index (χ3v) is 3.67. The molecule has 0 aliphatic carbocycles. The predicted octanol–water partition coefficient (Wildman–Crippen LogP) is 1.66. The Kier molecular flexibility index (Phi) is 5.46. The first kappa shape index (κ1) is 14.9. The average molecular weight is 295 g/mol. The van der Waals surface area contributed by atoms with E-state index in [0.717, 1.165) is 38.3 Å². The fraction of sp³-hybridized carbons (Fsp3) is 0.615. The molecule has 7 heteroatoms. The molecule has 1 aromatic rings. The Morgan fingerprint density at radius 3 is 2.55 bits per heavy atom. The summed E-state index contributed by atoms with van der Waals surface area (Å²) in [5.41, 5.74) is 0. The van der Waals surface area contributed by atoms with Crippen LogP contribution >= 0.6 is 11.8 Å². The SMILES string of the molecule is CCNc1cc(NCC(=O)N2CCCC2)nc(SC)n1. The van der Waals surface area contributed by atoms with E-state index < -0.39 is 0 Å². The molecule has 1 fully saturated rings. The van der Waals surface area contributed by atoms with E-state index in [1.54, 1.807) is 0 Å². The zero-order chi connectivity index (χ0) is 14.4. The van der Waals surface area contributed by atoms with Crippen LogP contribution in [0.4, 0.5) is 11.6 Å². The minimum absolute atomic E-state index is 0.136. The van der Waals surface area contributed by atoms with Crippen molar-refractivity contribution >= 4 is 29.3 Å². The fourth-order valence-corrected chi connectivity index (χ4v) is 2.50. The highest BCUT2D eigenvalue weighted by Crippen LogP contribution is 2.17. The molecule has 2 heterocycles. The Balaban J connectivity index is 1.97. The number of anilines is 2. The number of amides is 1. The summed E-state index contributed by atoms with van der Waals surface area (Å²) in [6, 6.07) is 1.83. The molecule has 20 heavy (non-hydrogen) atoms. The van der Waals surface area contributed by atoms with Crippen molar-refractivity contribution < 1.29 is 4.79 Å². The lowest BCUT2D eigenvalue weighted by molar-refractivity contribution is -0.128. The third kappa shape index (κ3) is 4.00. The zero-order valence-corrected chi connectivity index (χ0v) is 12.8. The smallest absolute Gasteiger partial charge is 0.241 e. The summed E-state index contributed by atoms with van der Waals surface area (Å²) in [5.74, 6) is 1.60.